The van der Waals surface area contributed by atoms with Gasteiger partial charge < -0.3 is 14.6 Å². The summed E-state index contributed by atoms with van der Waals surface area (Å²) in [4.78, 5) is 24.3. The maximum atomic E-state index is 12.2. The van der Waals surface area contributed by atoms with Crippen LogP contribution in [-0.4, -0.2) is 36.4 Å². The van der Waals surface area contributed by atoms with Gasteiger partial charge in [-0.2, -0.15) is 0 Å². The third-order valence-electron chi connectivity index (χ3n) is 9.44. The minimum atomic E-state index is -0.798. The summed E-state index contributed by atoms with van der Waals surface area (Å²) in [6.07, 6.45) is 74.0. The monoisotopic (exact) mass is 827 g/mol. The minimum Gasteiger partial charge on any atom is -0.462 e. The van der Waals surface area contributed by atoms with Gasteiger partial charge in [0.2, 0.25) is 0 Å². The van der Waals surface area contributed by atoms with E-state index in [1.165, 1.54) is 32.1 Å². The minimum absolute atomic E-state index is 0.0931. The van der Waals surface area contributed by atoms with Crippen LogP contribution in [-0.2, 0) is 19.1 Å². The van der Waals surface area contributed by atoms with Gasteiger partial charge >= 0.3 is 11.9 Å². The molecular formula is C55H86O5. The van der Waals surface area contributed by atoms with Crippen molar-refractivity contribution in [1.82, 2.24) is 0 Å². The first kappa shape index (κ1) is 56.0. The Morgan fingerprint density at radius 3 is 1.02 bits per heavy atom. The second-order valence-corrected chi connectivity index (χ2v) is 15.1. The van der Waals surface area contributed by atoms with Crippen molar-refractivity contribution in [2.45, 2.75) is 187 Å². The number of esters is 2. The predicted octanol–water partition coefficient (Wildman–Crippen LogP) is 15.7. The van der Waals surface area contributed by atoms with Crippen molar-refractivity contribution in [2.75, 3.05) is 13.2 Å². The Bertz CT molecular complexity index is 1300. The van der Waals surface area contributed by atoms with E-state index in [9.17, 15) is 14.7 Å². The summed E-state index contributed by atoms with van der Waals surface area (Å²) in [5, 5.41) is 9.58. The number of aliphatic hydroxyl groups excluding tert-OH is 1. The second-order valence-electron chi connectivity index (χ2n) is 15.1. The van der Waals surface area contributed by atoms with Gasteiger partial charge in [0.1, 0.15) is 6.61 Å². The number of ether oxygens (including phenoxy) is 2. The van der Waals surface area contributed by atoms with Crippen LogP contribution in [0.4, 0.5) is 0 Å². The lowest BCUT2D eigenvalue weighted by atomic mass is 10.1. The van der Waals surface area contributed by atoms with Crippen LogP contribution in [0, 0.1) is 0 Å². The predicted molar refractivity (Wildman–Crippen MR) is 260 cm³/mol. The fourth-order valence-corrected chi connectivity index (χ4v) is 5.94. The quantitative estimate of drug-likeness (QED) is 0.0378. The molecule has 0 aromatic heterocycles. The molecule has 0 aliphatic carbocycles. The van der Waals surface area contributed by atoms with Crippen LogP contribution in [0.3, 0.4) is 0 Å². The third-order valence-corrected chi connectivity index (χ3v) is 9.44. The summed E-state index contributed by atoms with van der Waals surface area (Å²) in [5.41, 5.74) is 0. The first-order valence-corrected chi connectivity index (χ1v) is 23.7. The lowest BCUT2D eigenvalue weighted by molar-refractivity contribution is -0.161. The van der Waals surface area contributed by atoms with Crippen molar-refractivity contribution in [3.8, 4) is 0 Å². The van der Waals surface area contributed by atoms with Crippen molar-refractivity contribution in [3.63, 3.8) is 0 Å². The third kappa shape index (κ3) is 46.7. The SMILES string of the molecule is CC/C=C\C/C=C\C/C=C\C/C=C\C/C=C\C/C=C\C/C=C\C/C=C\CCCCCCCCCCC(=O)OC(CO)COC(=O)CCCCC/C=C\C/C=C\C/C=C\CC. The van der Waals surface area contributed by atoms with Crippen LogP contribution >= 0.6 is 0 Å². The first-order chi connectivity index (χ1) is 29.6. The van der Waals surface area contributed by atoms with Gasteiger partial charge in [-0.25, -0.2) is 0 Å². The smallest absolute Gasteiger partial charge is 0.306 e. The zero-order chi connectivity index (χ0) is 43.5. The molecule has 0 aromatic carbocycles. The molecular weight excluding hydrogens is 741 g/mol. The number of hydrogen-bond acceptors (Lipinski definition) is 5. The van der Waals surface area contributed by atoms with Crippen LogP contribution in [0.1, 0.15) is 181 Å². The van der Waals surface area contributed by atoms with Gasteiger partial charge in [0.05, 0.1) is 6.61 Å². The molecule has 1 N–H and O–H groups in total. The Balaban J connectivity index is 3.64. The first-order valence-electron chi connectivity index (χ1n) is 23.7. The summed E-state index contributed by atoms with van der Waals surface area (Å²) in [6, 6.07) is 0. The molecule has 0 bridgehead atoms. The standard InChI is InChI=1S/C55H86O5/c1-3-5-7-9-11-13-15-17-18-19-20-21-22-23-24-25-26-27-28-29-30-31-32-33-34-35-36-38-40-42-44-46-48-50-55(58)60-53(51-56)52-59-54(57)49-47-45-43-41-39-37-16-14-12-10-8-6-4-2/h5-8,11-14,17-18,20-21,23-24,26-27,29-30,32-33,37,39,53,56H,3-4,9-10,15-16,19,22,25,28,31,34-36,38,40-52H2,1-2H3/b7-5-,8-6-,13-11-,14-12-,18-17-,21-20-,24-23-,27-26-,30-29-,33-32-,39-37-. The highest BCUT2D eigenvalue weighted by molar-refractivity contribution is 5.70. The summed E-state index contributed by atoms with van der Waals surface area (Å²) in [7, 11) is 0. The molecule has 0 saturated heterocycles. The number of allylic oxidation sites excluding steroid dienone is 22. The number of aliphatic hydroxyl groups is 1. The number of rotatable bonds is 41. The summed E-state index contributed by atoms with van der Waals surface area (Å²) in [6.45, 7) is 3.85. The van der Waals surface area contributed by atoms with Crippen LogP contribution in [0.25, 0.3) is 0 Å². The summed E-state index contributed by atoms with van der Waals surface area (Å²) in [5.74, 6) is -0.648. The van der Waals surface area contributed by atoms with Crippen LogP contribution in [0.15, 0.2) is 134 Å². The van der Waals surface area contributed by atoms with Crippen molar-refractivity contribution in [3.05, 3.63) is 134 Å². The van der Waals surface area contributed by atoms with Gasteiger partial charge in [0.25, 0.3) is 0 Å². The molecule has 0 rings (SSSR count). The van der Waals surface area contributed by atoms with E-state index in [1.54, 1.807) is 0 Å². The van der Waals surface area contributed by atoms with Gasteiger partial charge in [-0.3, -0.25) is 9.59 Å². The summed E-state index contributed by atoms with van der Waals surface area (Å²) < 4.78 is 10.6. The molecule has 0 heterocycles. The fraction of sp³-hybridized carbons (Fsp3) is 0.564. The molecule has 5 nitrogen and oxygen atoms in total. The van der Waals surface area contributed by atoms with E-state index in [0.29, 0.717) is 12.8 Å². The normalized spacial score (nSPS) is 13.4. The largest absolute Gasteiger partial charge is 0.462 e. The zero-order valence-corrected chi connectivity index (χ0v) is 38.2. The highest BCUT2D eigenvalue weighted by atomic mass is 16.6. The molecule has 0 aromatic rings. The average Bonchev–Trinajstić information content (AvgIpc) is 3.25. The van der Waals surface area contributed by atoms with Gasteiger partial charge in [-0.15, -0.1) is 0 Å². The van der Waals surface area contributed by atoms with Crippen LogP contribution in [0.5, 0.6) is 0 Å². The lowest BCUT2D eigenvalue weighted by Crippen LogP contribution is -2.28. The van der Waals surface area contributed by atoms with E-state index in [1.807, 2.05) is 0 Å². The number of carbonyl (C=O) groups excluding carboxylic acids is 2. The maximum Gasteiger partial charge on any atom is 0.306 e. The molecule has 0 amide bonds. The van der Waals surface area contributed by atoms with Gasteiger partial charge in [0, 0.05) is 12.8 Å². The van der Waals surface area contributed by atoms with Gasteiger partial charge in [0.15, 0.2) is 6.10 Å². The Hall–Kier alpha value is -3.96. The van der Waals surface area contributed by atoms with Gasteiger partial charge in [-0.1, -0.05) is 192 Å². The lowest BCUT2D eigenvalue weighted by Gasteiger charge is -2.15. The second kappa shape index (κ2) is 49.4. The number of carbonyl (C=O) groups is 2. The Morgan fingerprint density at radius 1 is 0.383 bits per heavy atom. The van der Waals surface area contributed by atoms with E-state index < -0.39 is 6.10 Å². The molecule has 1 unspecified atom stereocenters. The Kier molecular flexibility index (Phi) is 46.1. The number of hydrogen-bond donors (Lipinski definition) is 1. The molecule has 0 saturated carbocycles. The Morgan fingerprint density at radius 2 is 0.667 bits per heavy atom. The molecule has 5 heteroatoms. The molecule has 0 spiro atoms. The van der Waals surface area contributed by atoms with E-state index in [4.69, 9.17) is 9.47 Å². The highest BCUT2D eigenvalue weighted by Crippen LogP contribution is 2.12. The zero-order valence-electron chi connectivity index (χ0n) is 38.2. The van der Waals surface area contributed by atoms with E-state index in [-0.39, 0.29) is 25.2 Å². The molecule has 0 radical (unpaired) electrons. The molecule has 0 fully saturated rings. The van der Waals surface area contributed by atoms with Crippen molar-refractivity contribution in [1.29, 1.82) is 0 Å². The molecule has 60 heavy (non-hydrogen) atoms. The van der Waals surface area contributed by atoms with E-state index in [0.717, 1.165) is 122 Å². The Labute approximate surface area is 368 Å². The maximum absolute atomic E-state index is 12.2. The van der Waals surface area contributed by atoms with Crippen LogP contribution < -0.4 is 0 Å². The summed E-state index contributed by atoms with van der Waals surface area (Å²) >= 11 is 0. The van der Waals surface area contributed by atoms with Crippen molar-refractivity contribution in [2.24, 2.45) is 0 Å². The molecule has 0 aliphatic rings. The average molecular weight is 827 g/mol. The van der Waals surface area contributed by atoms with E-state index >= 15 is 0 Å². The van der Waals surface area contributed by atoms with Gasteiger partial charge in [-0.05, 0) is 109 Å². The van der Waals surface area contributed by atoms with Crippen molar-refractivity contribution >= 4 is 11.9 Å². The van der Waals surface area contributed by atoms with Crippen LogP contribution in [0.2, 0.25) is 0 Å². The highest BCUT2D eigenvalue weighted by Gasteiger charge is 2.16. The topological polar surface area (TPSA) is 72.8 Å². The molecule has 336 valence electrons. The fourth-order valence-electron chi connectivity index (χ4n) is 5.94. The van der Waals surface area contributed by atoms with E-state index in [2.05, 4.69) is 148 Å². The molecule has 0 aliphatic heterocycles. The molecule has 1 atom stereocenters. The number of unbranched alkanes of at least 4 members (excludes halogenated alkanes) is 11. The van der Waals surface area contributed by atoms with Crippen molar-refractivity contribution < 1.29 is 24.2 Å².